The maximum absolute atomic E-state index is 11.8. The van der Waals surface area contributed by atoms with Crippen molar-refractivity contribution in [2.24, 2.45) is 5.73 Å². The fraction of sp³-hybridized carbons (Fsp3) is 0.176. The van der Waals surface area contributed by atoms with Crippen LogP contribution in [0.15, 0.2) is 47.8 Å². The highest BCUT2D eigenvalue weighted by Gasteiger charge is 2.40. The van der Waals surface area contributed by atoms with Gasteiger partial charge in [-0.05, 0) is 22.9 Å². The molecule has 10 heteroatoms. The van der Waals surface area contributed by atoms with E-state index in [1.54, 1.807) is 23.3 Å². The lowest BCUT2D eigenvalue weighted by atomic mass is 10.1. The number of aromatic nitrogens is 3. The quantitative estimate of drug-likeness (QED) is 0.593. The number of carbonyl (C=O) groups excluding carboxylic acids is 1. The number of fused-ring (bicyclic) bond motifs is 1. The molecule has 0 radical (unpaired) electrons. The third-order valence-corrected chi connectivity index (χ3v) is 5.10. The summed E-state index contributed by atoms with van der Waals surface area (Å²) in [5.41, 5.74) is 6.95. The van der Waals surface area contributed by atoms with Gasteiger partial charge in [-0.1, -0.05) is 0 Å². The lowest BCUT2D eigenvalue weighted by Gasteiger charge is -2.35. The molecule has 3 aromatic heterocycles. The predicted molar refractivity (Wildman–Crippen MR) is 99.4 cm³/mol. The van der Waals surface area contributed by atoms with Crippen LogP contribution in [0.2, 0.25) is 0 Å². The molecule has 138 valence electrons. The summed E-state index contributed by atoms with van der Waals surface area (Å²) < 4.78 is 1.74. The van der Waals surface area contributed by atoms with Gasteiger partial charge in [0.25, 0.3) is 0 Å². The van der Waals surface area contributed by atoms with Crippen molar-refractivity contribution in [3.05, 3.63) is 58.9 Å². The molecule has 1 amide bonds. The number of carboxylic acids is 1. The van der Waals surface area contributed by atoms with Crippen LogP contribution in [0.4, 0.5) is 11.5 Å². The second-order valence-corrected chi connectivity index (χ2v) is 6.81. The molecule has 4 N–H and O–H groups in total. The lowest BCUT2D eigenvalue weighted by Crippen LogP contribution is -2.38. The minimum absolute atomic E-state index is 0.0218. The van der Waals surface area contributed by atoms with E-state index in [0.29, 0.717) is 11.5 Å². The van der Waals surface area contributed by atoms with Crippen LogP contribution in [0.1, 0.15) is 34.7 Å². The van der Waals surface area contributed by atoms with Gasteiger partial charge in [0.05, 0.1) is 24.0 Å². The number of carbonyl (C=O) groups is 2. The first-order valence-electron chi connectivity index (χ1n) is 8.11. The van der Waals surface area contributed by atoms with E-state index in [-0.39, 0.29) is 12.0 Å². The molecule has 4 heterocycles. The molecule has 4 rings (SSSR count). The number of carboxylic acid groups (broad SMARTS) is 1. The highest BCUT2D eigenvalue weighted by molar-refractivity contribution is 7.08. The Labute approximate surface area is 158 Å². The van der Waals surface area contributed by atoms with Crippen LogP contribution in [0.25, 0.3) is 0 Å². The van der Waals surface area contributed by atoms with Crippen LogP contribution >= 0.6 is 11.3 Å². The first-order chi connectivity index (χ1) is 13.1. The summed E-state index contributed by atoms with van der Waals surface area (Å²) in [5.74, 6) is -1.14. The Morgan fingerprint density at radius 3 is 2.85 bits per heavy atom. The Hall–Kier alpha value is -3.40. The van der Waals surface area contributed by atoms with Crippen molar-refractivity contribution in [2.75, 3.05) is 10.2 Å². The van der Waals surface area contributed by atoms with E-state index in [9.17, 15) is 14.7 Å². The number of nitrogens with two attached hydrogens (primary N) is 1. The van der Waals surface area contributed by atoms with Crippen molar-refractivity contribution >= 4 is 34.7 Å². The van der Waals surface area contributed by atoms with E-state index in [4.69, 9.17) is 5.73 Å². The molecule has 9 nitrogen and oxygen atoms in total. The first kappa shape index (κ1) is 17.0. The molecule has 2 atom stereocenters. The van der Waals surface area contributed by atoms with Gasteiger partial charge in [0.1, 0.15) is 12.3 Å². The van der Waals surface area contributed by atoms with Crippen LogP contribution in [0, 0.1) is 0 Å². The maximum atomic E-state index is 11.8. The molecule has 2 unspecified atom stereocenters. The van der Waals surface area contributed by atoms with E-state index in [1.165, 1.54) is 23.6 Å². The second-order valence-electron chi connectivity index (χ2n) is 6.03. The molecule has 0 aromatic carbocycles. The molecule has 27 heavy (non-hydrogen) atoms. The average molecular weight is 384 g/mol. The van der Waals surface area contributed by atoms with Crippen molar-refractivity contribution in [2.45, 2.75) is 18.8 Å². The van der Waals surface area contributed by atoms with E-state index in [0.717, 1.165) is 5.56 Å². The van der Waals surface area contributed by atoms with Gasteiger partial charge in [0, 0.05) is 24.2 Å². The third-order valence-electron chi connectivity index (χ3n) is 4.40. The summed E-state index contributed by atoms with van der Waals surface area (Å²) in [4.78, 5) is 33.8. The minimum atomic E-state index is -1.07. The summed E-state index contributed by atoms with van der Waals surface area (Å²) in [6, 6.07) is 3.39. The minimum Gasteiger partial charge on any atom is -0.478 e. The zero-order valence-electron chi connectivity index (χ0n) is 14.0. The fourth-order valence-corrected chi connectivity index (χ4v) is 3.97. The van der Waals surface area contributed by atoms with Crippen LogP contribution in [-0.2, 0) is 4.79 Å². The number of primary amides is 1. The van der Waals surface area contributed by atoms with Crippen LogP contribution in [0.3, 0.4) is 0 Å². The van der Waals surface area contributed by atoms with Gasteiger partial charge in [0.2, 0.25) is 5.91 Å². The van der Waals surface area contributed by atoms with Gasteiger partial charge in [-0.15, -0.1) is 0 Å². The molecule has 0 saturated heterocycles. The summed E-state index contributed by atoms with van der Waals surface area (Å²) in [6.45, 7) is 0. The highest BCUT2D eigenvalue weighted by Crippen LogP contribution is 2.46. The fourth-order valence-electron chi connectivity index (χ4n) is 3.29. The van der Waals surface area contributed by atoms with Crippen molar-refractivity contribution < 1.29 is 14.7 Å². The zero-order chi connectivity index (χ0) is 19.0. The smallest absolute Gasteiger partial charge is 0.338 e. The van der Waals surface area contributed by atoms with Crippen LogP contribution in [-0.4, -0.2) is 31.5 Å². The molecule has 1 aliphatic heterocycles. The van der Waals surface area contributed by atoms with E-state index < -0.39 is 24.2 Å². The van der Waals surface area contributed by atoms with E-state index in [1.807, 2.05) is 21.7 Å². The van der Waals surface area contributed by atoms with E-state index in [2.05, 4.69) is 15.3 Å². The SMILES string of the molecule is NC(=O)CC(N1c2c(C(=O)O)ccnc2NC1c1ccsc1)n1ccnc1. The monoisotopic (exact) mass is 384 g/mol. The van der Waals surface area contributed by atoms with Crippen molar-refractivity contribution in [1.29, 1.82) is 0 Å². The number of thiophene rings is 1. The Morgan fingerprint density at radius 1 is 1.37 bits per heavy atom. The number of imidazole rings is 1. The van der Waals surface area contributed by atoms with Gasteiger partial charge in [-0.2, -0.15) is 11.3 Å². The average Bonchev–Trinajstić information content (AvgIpc) is 3.38. The standard InChI is InChI=1S/C17H16N6O3S/c18-12(24)7-13(22-5-4-19-9-22)23-14-11(17(25)26)1-3-20-15(14)21-16(23)10-2-6-27-8-10/h1-6,8-9,13,16H,7H2,(H2,18,24)(H,20,21)(H,25,26). The Balaban J connectivity index is 1.90. The molecule has 1 aliphatic rings. The van der Waals surface area contributed by atoms with Gasteiger partial charge in [-0.3, -0.25) is 4.79 Å². The number of rotatable bonds is 6. The van der Waals surface area contributed by atoms with Gasteiger partial charge < -0.3 is 25.6 Å². The van der Waals surface area contributed by atoms with Crippen molar-refractivity contribution in [3.63, 3.8) is 0 Å². The maximum Gasteiger partial charge on any atom is 0.338 e. The lowest BCUT2D eigenvalue weighted by molar-refractivity contribution is -0.118. The van der Waals surface area contributed by atoms with Crippen LogP contribution < -0.4 is 16.0 Å². The van der Waals surface area contributed by atoms with E-state index >= 15 is 0 Å². The Kier molecular flexibility index (Phi) is 4.24. The molecular weight excluding hydrogens is 368 g/mol. The first-order valence-corrected chi connectivity index (χ1v) is 9.05. The Morgan fingerprint density at radius 2 is 2.22 bits per heavy atom. The molecule has 0 aliphatic carbocycles. The number of amides is 1. The third kappa shape index (κ3) is 2.99. The molecule has 3 aromatic rings. The molecular formula is C17H16N6O3S. The predicted octanol–water partition coefficient (Wildman–Crippen LogP) is 2.04. The summed E-state index contributed by atoms with van der Waals surface area (Å²) >= 11 is 1.53. The summed E-state index contributed by atoms with van der Waals surface area (Å²) in [5, 5.41) is 16.9. The Bertz CT molecular complexity index is 973. The second kappa shape index (κ2) is 6.72. The van der Waals surface area contributed by atoms with Crippen molar-refractivity contribution in [3.8, 4) is 0 Å². The summed E-state index contributed by atoms with van der Waals surface area (Å²) in [7, 11) is 0. The van der Waals surface area contributed by atoms with Gasteiger partial charge in [-0.25, -0.2) is 14.8 Å². The highest BCUT2D eigenvalue weighted by atomic mass is 32.1. The van der Waals surface area contributed by atoms with Crippen molar-refractivity contribution in [1.82, 2.24) is 14.5 Å². The number of anilines is 2. The number of nitrogens with zero attached hydrogens (tertiary/aromatic N) is 4. The number of hydrogen-bond acceptors (Lipinski definition) is 7. The van der Waals surface area contributed by atoms with Gasteiger partial charge in [0.15, 0.2) is 5.82 Å². The number of nitrogens with one attached hydrogen (secondary N) is 1. The zero-order valence-corrected chi connectivity index (χ0v) is 14.8. The molecule has 0 bridgehead atoms. The topological polar surface area (TPSA) is 126 Å². The van der Waals surface area contributed by atoms with Crippen LogP contribution in [0.5, 0.6) is 0 Å². The molecule has 0 saturated carbocycles. The number of pyridine rings is 1. The molecule has 0 spiro atoms. The number of hydrogen-bond donors (Lipinski definition) is 3. The summed E-state index contributed by atoms with van der Waals surface area (Å²) in [6.07, 6.45) is 5.35. The number of aromatic carboxylic acids is 1. The normalized spacial score (nSPS) is 16.6. The molecule has 0 fully saturated rings. The largest absolute Gasteiger partial charge is 0.478 e. The van der Waals surface area contributed by atoms with Gasteiger partial charge >= 0.3 is 5.97 Å².